The van der Waals surface area contributed by atoms with Crippen molar-refractivity contribution in [2.45, 2.75) is 64.8 Å². The Kier molecular flexibility index (Phi) is 6.52. The van der Waals surface area contributed by atoms with Crippen LogP contribution in [0.15, 0.2) is 0 Å². The van der Waals surface area contributed by atoms with Gasteiger partial charge in [0.15, 0.2) is 0 Å². The molecule has 0 aromatic carbocycles. The number of nitrogens with one attached hydrogen (secondary N) is 1. The molecule has 1 saturated carbocycles. The molecule has 0 bridgehead atoms. The summed E-state index contributed by atoms with van der Waals surface area (Å²) in [5.41, 5.74) is 0. The Labute approximate surface area is 95.0 Å². The van der Waals surface area contributed by atoms with Gasteiger partial charge in [0.25, 0.3) is 0 Å². The van der Waals surface area contributed by atoms with Crippen LogP contribution in [0.5, 0.6) is 0 Å². The van der Waals surface area contributed by atoms with Crippen molar-refractivity contribution in [2.75, 3.05) is 6.54 Å². The van der Waals surface area contributed by atoms with E-state index in [2.05, 4.69) is 24.1 Å². The molecule has 0 aliphatic heterocycles. The Morgan fingerprint density at radius 2 is 2.00 bits per heavy atom. The van der Waals surface area contributed by atoms with Crippen molar-refractivity contribution >= 4 is 0 Å². The van der Waals surface area contributed by atoms with E-state index in [0.29, 0.717) is 0 Å². The van der Waals surface area contributed by atoms with Crippen LogP contribution in [-0.2, 0) is 0 Å². The second-order valence-electron chi connectivity index (χ2n) is 4.59. The molecule has 1 heteroatoms. The van der Waals surface area contributed by atoms with Crippen molar-refractivity contribution in [3.63, 3.8) is 0 Å². The van der Waals surface area contributed by atoms with Gasteiger partial charge in [-0.05, 0) is 38.6 Å². The SMILES string of the molecule is CC#CCC1CCCCCC1NCCC. The molecule has 0 heterocycles. The Morgan fingerprint density at radius 3 is 2.73 bits per heavy atom. The summed E-state index contributed by atoms with van der Waals surface area (Å²) in [4.78, 5) is 0. The van der Waals surface area contributed by atoms with Gasteiger partial charge in [-0.25, -0.2) is 0 Å². The molecule has 15 heavy (non-hydrogen) atoms. The topological polar surface area (TPSA) is 12.0 Å². The van der Waals surface area contributed by atoms with Crippen molar-refractivity contribution in [3.8, 4) is 11.8 Å². The first kappa shape index (κ1) is 12.6. The molecule has 0 spiro atoms. The maximum Gasteiger partial charge on any atom is 0.0132 e. The van der Waals surface area contributed by atoms with Crippen LogP contribution in [0.4, 0.5) is 0 Å². The third-order valence-electron chi connectivity index (χ3n) is 3.36. The minimum Gasteiger partial charge on any atom is -0.314 e. The molecule has 1 rings (SSSR count). The van der Waals surface area contributed by atoms with Crippen LogP contribution in [0.3, 0.4) is 0 Å². The fourth-order valence-electron chi connectivity index (χ4n) is 2.46. The summed E-state index contributed by atoms with van der Waals surface area (Å²) < 4.78 is 0. The van der Waals surface area contributed by atoms with Gasteiger partial charge in [-0.2, -0.15) is 0 Å². The Hall–Kier alpha value is -0.480. The van der Waals surface area contributed by atoms with Crippen LogP contribution in [-0.4, -0.2) is 12.6 Å². The predicted octanol–water partition coefficient (Wildman–Crippen LogP) is 3.35. The van der Waals surface area contributed by atoms with E-state index in [-0.39, 0.29) is 0 Å². The van der Waals surface area contributed by atoms with Gasteiger partial charge in [-0.3, -0.25) is 0 Å². The van der Waals surface area contributed by atoms with Crippen molar-refractivity contribution in [1.29, 1.82) is 0 Å². The zero-order chi connectivity index (χ0) is 10.9. The summed E-state index contributed by atoms with van der Waals surface area (Å²) in [6.45, 7) is 5.36. The molecule has 0 saturated heterocycles. The van der Waals surface area contributed by atoms with Crippen molar-refractivity contribution < 1.29 is 0 Å². The van der Waals surface area contributed by atoms with Gasteiger partial charge >= 0.3 is 0 Å². The highest BCUT2D eigenvalue weighted by Crippen LogP contribution is 2.25. The summed E-state index contributed by atoms with van der Waals surface area (Å²) in [5.74, 6) is 7.09. The summed E-state index contributed by atoms with van der Waals surface area (Å²) in [7, 11) is 0. The van der Waals surface area contributed by atoms with Gasteiger partial charge in [0, 0.05) is 12.5 Å². The van der Waals surface area contributed by atoms with Crippen LogP contribution in [0.25, 0.3) is 0 Å². The van der Waals surface area contributed by atoms with Gasteiger partial charge in [0.05, 0.1) is 0 Å². The molecular weight excluding hydrogens is 182 g/mol. The zero-order valence-electron chi connectivity index (χ0n) is 10.3. The maximum atomic E-state index is 3.70. The lowest BCUT2D eigenvalue weighted by Crippen LogP contribution is -2.35. The quantitative estimate of drug-likeness (QED) is 0.550. The smallest absolute Gasteiger partial charge is 0.0132 e. The molecule has 2 unspecified atom stereocenters. The fraction of sp³-hybridized carbons (Fsp3) is 0.857. The average molecular weight is 207 g/mol. The summed E-state index contributed by atoms with van der Waals surface area (Å²) in [5, 5.41) is 3.70. The highest BCUT2D eigenvalue weighted by atomic mass is 14.9. The molecule has 1 aliphatic carbocycles. The van der Waals surface area contributed by atoms with E-state index in [1.807, 2.05) is 6.92 Å². The first-order valence-corrected chi connectivity index (χ1v) is 6.51. The lowest BCUT2D eigenvalue weighted by Gasteiger charge is -2.24. The number of rotatable bonds is 4. The second-order valence-corrected chi connectivity index (χ2v) is 4.59. The molecule has 1 N–H and O–H groups in total. The minimum absolute atomic E-state index is 0.730. The first-order valence-electron chi connectivity index (χ1n) is 6.51. The largest absolute Gasteiger partial charge is 0.314 e. The lowest BCUT2D eigenvalue weighted by atomic mass is 9.91. The molecule has 1 fully saturated rings. The Morgan fingerprint density at radius 1 is 1.20 bits per heavy atom. The third kappa shape index (κ3) is 4.71. The standard InChI is InChI=1S/C14H25N/c1-3-5-9-13-10-7-6-8-11-14(13)15-12-4-2/h13-15H,4,6-12H2,1-2H3. The first-order chi connectivity index (χ1) is 7.38. The monoisotopic (exact) mass is 207 g/mol. The van der Waals surface area contributed by atoms with E-state index in [4.69, 9.17) is 0 Å². The molecule has 2 atom stereocenters. The van der Waals surface area contributed by atoms with Crippen molar-refractivity contribution in [2.24, 2.45) is 5.92 Å². The second kappa shape index (κ2) is 7.77. The molecule has 0 radical (unpaired) electrons. The van der Waals surface area contributed by atoms with Crippen molar-refractivity contribution in [3.05, 3.63) is 0 Å². The Balaban J connectivity index is 2.45. The highest BCUT2D eigenvalue weighted by Gasteiger charge is 2.21. The van der Waals surface area contributed by atoms with Gasteiger partial charge in [-0.15, -0.1) is 11.8 Å². The van der Waals surface area contributed by atoms with Crippen LogP contribution in [0.1, 0.15) is 58.8 Å². The summed E-state index contributed by atoms with van der Waals surface area (Å²) in [6, 6.07) is 0.730. The lowest BCUT2D eigenvalue weighted by molar-refractivity contribution is 0.340. The average Bonchev–Trinajstić information content (AvgIpc) is 2.48. The molecule has 1 nitrogen and oxygen atoms in total. The van der Waals surface area contributed by atoms with Crippen LogP contribution < -0.4 is 5.32 Å². The Bertz CT molecular complexity index is 211. The van der Waals surface area contributed by atoms with Crippen molar-refractivity contribution in [1.82, 2.24) is 5.32 Å². The maximum absolute atomic E-state index is 3.70. The van der Waals surface area contributed by atoms with E-state index in [1.165, 1.54) is 45.1 Å². The van der Waals surface area contributed by atoms with E-state index in [0.717, 1.165) is 18.4 Å². The minimum atomic E-state index is 0.730. The van der Waals surface area contributed by atoms with E-state index in [1.54, 1.807) is 0 Å². The van der Waals surface area contributed by atoms with Gasteiger partial charge in [-0.1, -0.05) is 26.2 Å². The van der Waals surface area contributed by atoms with Gasteiger partial charge in [0.1, 0.15) is 0 Å². The third-order valence-corrected chi connectivity index (χ3v) is 3.36. The van der Waals surface area contributed by atoms with E-state index >= 15 is 0 Å². The number of hydrogen-bond acceptors (Lipinski definition) is 1. The molecule has 0 aromatic rings. The molecule has 1 aliphatic rings. The number of hydrogen-bond donors (Lipinski definition) is 1. The van der Waals surface area contributed by atoms with Crippen LogP contribution in [0.2, 0.25) is 0 Å². The van der Waals surface area contributed by atoms with Gasteiger partial charge in [0.2, 0.25) is 0 Å². The molecule has 0 aromatic heterocycles. The van der Waals surface area contributed by atoms with E-state index < -0.39 is 0 Å². The highest BCUT2D eigenvalue weighted by molar-refractivity contribution is 4.98. The van der Waals surface area contributed by atoms with E-state index in [9.17, 15) is 0 Å². The molecular formula is C14H25N. The van der Waals surface area contributed by atoms with Crippen LogP contribution >= 0.6 is 0 Å². The fourth-order valence-corrected chi connectivity index (χ4v) is 2.46. The summed E-state index contributed by atoms with van der Waals surface area (Å²) in [6.07, 6.45) is 9.28. The van der Waals surface area contributed by atoms with Gasteiger partial charge < -0.3 is 5.32 Å². The van der Waals surface area contributed by atoms with Crippen LogP contribution in [0, 0.1) is 17.8 Å². The molecule has 0 amide bonds. The molecule has 86 valence electrons. The predicted molar refractivity (Wildman–Crippen MR) is 66.7 cm³/mol. The normalized spacial score (nSPS) is 26.5. The zero-order valence-corrected chi connectivity index (χ0v) is 10.3. The summed E-state index contributed by atoms with van der Waals surface area (Å²) >= 11 is 0.